The van der Waals surface area contributed by atoms with Crippen LogP contribution in [-0.4, -0.2) is 30.2 Å². The van der Waals surface area contributed by atoms with Gasteiger partial charge in [-0.1, -0.05) is 12.1 Å². The predicted molar refractivity (Wildman–Crippen MR) is 105 cm³/mol. The molecule has 1 aromatic heterocycles. The van der Waals surface area contributed by atoms with Crippen LogP contribution < -0.4 is 5.32 Å². The number of nitrogens with zero attached hydrogens (tertiary/aromatic N) is 1. The molecule has 0 spiro atoms. The molecule has 132 valence electrons. The van der Waals surface area contributed by atoms with Crippen molar-refractivity contribution in [1.29, 1.82) is 0 Å². The highest BCUT2D eigenvalue weighted by molar-refractivity contribution is 7.98. The molecule has 1 aromatic carbocycles. The van der Waals surface area contributed by atoms with Gasteiger partial charge < -0.3 is 5.32 Å². The molecule has 1 saturated carbocycles. The van der Waals surface area contributed by atoms with Gasteiger partial charge in [-0.2, -0.15) is 0 Å². The summed E-state index contributed by atoms with van der Waals surface area (Å²) >= 11 is 3.64. The van der Waals surface area contributed by atoms with E-state index in [1.54, 1.807) is 11.8 Å². The number of amides is 1. The zero-order chi connectivity index (χ0) is 17.2. The fourth-order valence-corrected chi connectivity index (χ4v) is 4.81. The van der Waals surface area contributed by atoms with Crippen molar-refractivity contribution in [1.82, 2.24) is 10.2 Å². The fourth-order valence-electron chi connectivity index (χ4n) is 3.51. The first kappa shape index (κ1) is 17.1. The van der Waals surface area contributed by atoms with Crippen molar-refractivity contribution in [3.8, 4) is 0 Å². The van der Waals surface area contributed by atoms with Crippen molar-refractivity contribution in [2.75, 3.05) is 19.3 Å². The maximum absolute atomic E-state index is 12.2. The number of hydrogen-bond donors (Lipinski definition) is 1. The second-order valence-electron chi connectivity index (χ2n) is 6.90. The molecule has 25 heavy (non-hydrogen) atoms. The zero-order valence-corrected chi connectivity index (χ0v) is 16.2. The van der Waals surface area contributed by atoms with Crippen molar-refractivity contribution in [3.63, 3.8) is 0 Å². The highest BCUT2D eigenvalue weighted by Gasteiger charge is 2.31. The van der Waals surface area contributed by atoms with Crippen LogP contribution in [0.1, 0.15) is 34.9 Å². The molecule has 0 saturated heterocycles. The summed E-state index contributed by atoms with van der Waals surface area (Å²) in [5, 5.41) is 5.40. The van der Waals surface area contributed by atoms with Gasteiger partial charge in [0.05, 0.1) is 6.04 Å². The highest BCUT2D eigenvalue weighted by atomic mass is 32.2. The summed E-state index contributed by atoms with van der Waals surface area (Å²) in [6.07, 6.45) is 5.33. The minimum atomic E-state index is 0.235. The zero-order valence-electron chi connectivity index (χ0n) is 14.5. The number of nitrogens with one attached hydrogen (secondary N) is 1. The van der Waals surface area contributed by atoms with Crippen LogP contribution in [-0.2, 0) is 17.8 Å². The first-order valence-electron chi connectivity index (χ1n) is 8.95. The molecule has 2 heterocycles. The SMILES string of the molecule is CSc1ccc([C@H](CNC(=O)C2CC2)N2CCc3sccc3C2)cc1. The summed E-state index contributed by atoms with van der Waals surface area (Å²) in [7, 11) is 0. The van der Waals surface area contributed by atoms with Crippen LogP contribution >= 0.6 is 23.1 Å². The summed E-state index contributed by atoms with van der Waals surface area (Å²) in [6.45, 7) is 2.74. The standard InChI is InChI=1S/C20H24N2OS2/c1-24-17-6-4-14(5-7-17)18(12-21-20(23)15-2-3-15)22-10-8-19-16(13-22)9-11-25-19/h4-7,9,11,15,18H,2-3,8,10,12-13H2,1H3,(H,21,23)/t18-/m0/s1. The summed E-state index contributed by atoms with van der Waals surface area (Å²) in [5.41, 5.74) is 2.75. The molecule has 5 heteroatoms. The van der Waals surface area contributed by atoms with E-state index in [0.29, 0.717) is 6.54 Å². The first-order chi connectivity index (χ1) is 12.2. The summed E-state index contributed by atoms with van der Waals surface area (Å²) in [5.74, 6) is 0.503. The molecule has 0 unspecified atom stereocenters. The lowest BCUT2D eigenvalue weighted by Gasteiger charge is -2.35. The minimum absolute atomic E-state index is 0.235. The molecule has 1 fully saturated rings. The summed E-state index contributed by atoms with van der Waals surface area (Å²) < 4.78 is 0. The first-order valence-corrected chi connectivity index (χ1v) is 11.1. The second-order valence-corrected chi connectivity index (χ2v) is 8.78. The van der Waals surface area contributed by atoms with E-state index in [2.05, 4.69) is 52.2 Å². The van der Waals surface area contributed by atoms with Gasteiger partial charge in [0.25, 0.3) is 0 Å². The van der Waals surface area contributed by atoms with Crippen LogP contribution in [0.4, 0.5) is 0 Å². The fraction of sp³-hybridized carbons (Fsp3) is 0.450. The third kappa shape index (κ3) is 3.94. The molecule has 2 aromatic rings. The Balaban J connectivity index is 1.52. The van der Waals surface area contributed by atoms with Crippen LogP contribution in [0.3, 0.4) is 0 Å². The van der Waals surface area contributed by atoms with Crippen molar-refractivity contribution in [2.45, 2.75) is 36.7 Å². The lowest BCUT2D eigenvalue weighted by molar-refractivity contribution is -0.122. The lowest BCUT2D eigenvalue weighted by atomic mass is 10.0. The van der Waals surface area contributed by atoms with Crippen LogP contribution in [0.2, 0.25) is 0 Å². The molecule has 1 aliphatic carbocycles. The molecule has 0 radical (unpaired) electrons. The van der Waals surface area contributed by atoms with Gasteiger partial charge in [0, 0.05) is 35.3 Å². The maximum Gasteiger partial charge on any atom is 0.223 e. The average molecular weight is 373 g/mol. The van der Waals surface area contributed by atoms with Gasteiger partial charge in [-0.3, -0.25) is 9.69 Å². The van der Waals surface area contributed by atoms with Crippen LogP contribution in [0, 0.1) is 5.92 Å². The third-order valence-corrected chi connectivity index (χ3v) is 6.96. The number of thioether (sulfide) groups is 1. The van der Waals surface area contributed by atoms with Crippen molar-refractivity contribution < 1.29 is 4.79 Å². The van der Waals surface area contributed by atoms with Gasteiger partial charge in [0.15, 0.2) is 0 Å². The van der Waals surface area contributed by atoms with Crippen molar-refractivity contribution in [3.05, 3.63) is 51.7 Å². The molecule has 2 aliphatic rings. The van der Waals surface area contributed by atoms with Crippen molar-refractivity contribution in [2.24, 2.45) is 5.92 Å². The maximum atomic E-state index is 12.2. The normalized spacial score (nSPS) is 18.6. The quantitative estimate of drug-likeness (QED) is 0.775. The van der Waals surface area contributed by atoms with Gasteiger partial charge in [-0.15, -0.1) is 23.1 Å². The molecule has 0 bridgehead atoms. The Morgan fingerprint density at radius 2 is 2.12 bits per heavy atom. The van der Waals surface area contributed by atoms with E-state index in [1.807, 2.05) is 11.3 Å². The molecule has 1 atom stereocenters. The molecule has 4 rings (SSSR count). The largest absolute Gasteiger partial charge is 0.354 e. The molecular formula is C20H24N2OS2. The molecule has 1 N–H and O–H groups in total. The summed E-state index contributed by atoms with van der Waals surface area (Å²) in [4.78, 5) is 17.5. The second kappa shape index (κ2) is 7.52. The topological polar surface area (TPSA) is 32.3 Å². The number of benzene rings is 1. The smallest absolute Gasteiger partial charge is 0.223 e. The van der Waals surface area contributed by atoms with E-state index in [1.165, 1.54) is 20.9 Å². The molecular weight excluding hydrogens is 348 g/mol. The number of rotatable bonds is 6. The van der Waals surface area contributed by atoms with Gasteiger partial charge in [0.1, 0.15) is 0 Å². The number of carbonyl (C=O) groups excluding carboxylic acids is 1. The van der Waals surface area contributed by atoms with Gasteiger partial charge >= 0.3 is 0 Å². The van der Waals surface area contributed by atoms with Crippen LogP contribution in [0.15, 0.2) is 40.6 Å². The van der Waals surface area contributed by atoms with Crippen molar-refractivity contribution >= 4 is 29.0 Å². The van der Waals surface area contributed by atoms with Crippen LogP contribution in [0.25, 0.3) is 0 Å². The number of thiophene rings is 1. The Morgan fingerprint density at radius 1 is 1.32 bits per heavy atom. The van der Waals surface area contributed by atoms with Gasteiger partial charge in [-0.25, -0.2) is 0 Å². The lowest BCUT2D eigenvalue weighted by Crippen LogP contribution is -2.40. The Kier molecular flexibility index (Phi) is 5.15. The molecule has 1 amide bonds. The Morgan fingerprint density at radius 3 is 2.84 bits per heavy atom. The number of fused-ring (bicyclic) bond motifs is 1. The van der Waals surface area contributed by atoms with E-state index in [-0.39, 0.29) is 17.9 Å². The molecule has 1 aliphatic heterocycles. The number of hydrogen-bond acceptors (Lipinski definition) is 4. The Hall–Kier alpha value is -1.30. The van der Waals surface area contributed by atoms with Gasteiger partial charge in [-0.05, 0) is 60.2 Å². The van der Waals surface area contributed by atoms with E-state index in [4.69, 9.17) is 0 Å². The average Bonchev–Trinajstić information content (AvgIpc) is 3.40. The van der Waals surface area contributed by atoms with Gasteiger partial charge in [0.2, 0.25) is 5.91 Å². The van der Waals surface area contributed by atoms with E-state index < -0.39 is 0 Å². The predicted octanol–water partition coefficient (Wildman–Crippen LogP) is 4.10. The molecule has 3 nitrogen and oxygen atoms in total. The monoisotopic (exact) mass is 372 g/mol. The minimum Gasteiger partial charge on any atom is -0.354 e. The third-order valence-electron chi connectivity index (χ3n) is 5.20. The van der Waals surface area contributed by atoms with E-state index >= 15 is 0 Å². The van der Waals surface area contributed by atoms with Crippen LogP contribution in [0.5, 0.6) is 0 Å². The van der Waals surface area contributed by atoms with E-state index in [0.717, 1.165) is 32.4 Å². The Bertz CT molecular complexity index is 736. The van der Waals surface area contributed by atoms with E-state index in [9.17, 15) is 4.79 Å². The number of carbonyl (C=O) groups is 1. The highest BCUT2D eigenvalue weighted by Crippen LogP contribution is 2.32. The summed E-state index contributed by atoms with van der Waals surface area (Å²) in [6, 6.07) is 11.3. The Labute approximate surface area is 157 Å².